The summed E-state index contributed by atoms with van der Waals surface area (Å²) < 4.78 is 8.09. The molecule has 0 aliphatic carbocycles. The van der Waals surface area contributed by atoms with Gasteiger partial charge in [0.2, 0.25) is 5.75 Å². The molecule has 0 fully saturated rings. The maximum Gasteiger partial charge on any atom is 0.296 e. The van der Waals surface area contributed by atoms with E-state index in [9.17, 15) is 19.8 Å². The SMILES string of the molecule is CN(CCCc1ccn(C)c(=O)c1O)CCOc1ccn(C)c(=O)c1O. The first-order valence-electron chi connectivity index (χ1n) is 8.38. The summed E-state index contributed by atoms with van der Waals surface area (Å²) in [6.07, 6.45) is 4.56. The van der Waals surface area contributed by atoms with Gasteiger partial charge in [0.15, 0.2) is 11.5 Å². The van der Waals surface area contributed by atoms with Crippen molar-refractivity contribution in [3.63, 3.8) is 0 Å². The van der Waals surface area contributed by atoms with Crippen LogP contribution in [0.1, 0.15) is 12.0 Å². The number of aryl methyl sites for hydroxylation is 3. The summed E-state index contributed by atoms with van der Waals surface area (Å²) in [5, 5.41) is 19.6. The third-order valence-electron chi connectivity index (χ3n) is 4.25. The van der Waals surface area contributed by atoms with Crippen molar-refractivity contribution < 1.29 is 14.9 Å². The molecular formula is C18H25N3O5. The number of aromatic nitrogens is 2. The van der Waals surface area contributed by atoms with Crippen LogP contribution in [0.15, 0.2) is 34.1 Å². The van der Waals surface area contributed by atoms with Crippen LogP contribution >= 0.6 is 0 Å². The average molecular weight is 363 g/mol. The Morgan fingerprint density at radius 2 is 1.62 bits per heavy atom. The molecule has 0 aliphatic heterocycles. The lowest BCUT2D eigenvalue weighted by molar-refractivity contribution is 0.229. The van der Waals surface area contributed by atoms with Crippen molar-refractivity contribution in [2.45, 2.75) is 12.8 Å². The number of rotatable bonds is 8. The Morgan fingerprint density at radius 3 is 2.31 bits per heavy atom. The van der Waals surface area contributed by atoms with Gasteiger partial charge in [0.25, 0.3) is 11.1 Å². The normalized spacial score (nSPS) is 11.1. The predicted molar refractivity (Wildman–Crippen MR) is 98.0 cm³/mol. The average Bonchev–Trinajstić information content (AvgIpc) is 2.61. The monoisotopic (exact) mass is 363 g/mol. The second-order valence-corrected chi connectivity index (χ2v) is 6.31. The predicted octanol–water partition coefficient (Wildman–Crippen LogP) is 0.439. The highest BCUT2D eigenvalue weighted by Gasteiger charge is 2.10. The molecule has 0 spiro atoms. The first-order chi connectivity index (χ1) is 12.3. The molecule has 0 atom stereocenters. The number of ether oxygens (including phenoxy) is 1. The van der Waals surface area contributed by atoms with Crippen LogP contribution in [0.3, 0.4) is 0 Å². The molecule has 2 aromatic rings. The van der Waals surface area contributed by atoms with Crippen molar-refractivity contribution in [1.29, 1.82) is 0 Å². The molecule has 26 heavy (non-hydrogen) atoms. The summed E-state index contributed by atoms with van der Waals surface area (Å²) in [6, 6.07) is 3.30. The van der Waals surface area contributed by atoms with Crippen LogP contribution in [0.4, 0.5) is 0 Å². The molecule has 0 bridgehead atoms. The van der Waals surface area contributed by atoms with E-state index in [-0.39, 0.29) is 11.5 Å². The van der Waals surface area contributed by atoms with Gasteiger partial charge in [-0.2, -0.15) is 0 Å². The molecule has 8 heteroatoms. The minimum atomic E-state index is -0.496. The molecule has 0 saturated carbocycles. The summed E-state index contributed by atoms with van der Waals surface area (Å²) >= 11 is 0. The van der Waals surface area contributed by atoms with Gasteiger partial charge in [-0.3, -0.25) is 9.59 Å². The van der Waals surface area contributed by atoms with Gasteiger partial charge in [0, 0.05) is 44.7 Å². The van der Waals surface area contributed by atoms with Crippen LogP contribution in [0.2, 0.25) is 0 Å². The highest BCUT2D eigenvalue weighted by Crippen LogP contribution is 2.19. The molecule has 0 unspecified atom stereocenters. The fourth-order valence-electron chi connectivity index (χ4n) is 2.53. The van der Waals surface area contributed by atoms with E-state index in [1.165, 1.54) is 15.3 Å². The van der Waals surface area contributed by atoms with Crippen LogP contribution in [-0.4, -0.2) is 51.0 Å². The first kappa shape index (κ1) is 19.6. The summed E-state index contributed by atoms with van der Waals surface area (Å²) in [5.74, 6) is -0.410. The van der Waals surface area contributed by atoms with Gasteiger partial charge in [0.05, 0.1) is 0 Å². The van der Waals surface area contributed by atoms with Crippen molar-refractivity contribution in [2.24, 2.45) is 14.1 Å². The Balaban J connectivity index is 1.77. The minimum Gasteiger partial charge on any atom is -0.503 e. The van der Waals surface area contributed by atoms with Gasteiger partial charge < -0.3 is 29.0 Å². The molecule has 0 amide bonds. The number of pyridine rings is 2. The van der Waals surface area contributed by atoms with Crippen molar-refractivity contribution in [3.05, 3.63) is 50.8 Å². The molecule has 0 saturated heterocycles. The van der Waals surface area contributed by atoms with E-state index in [4.69, 9.17) is 4.74 Å². The van der Waals surface area contributed by atoms with Crippen LogP contribution in [0.25, 0.3) is 0 Å². The fraction of sp³-hybridized carbons (Fsp3) is 0.444. The Bertz CT molecular complexity index is 801. The van der Waals surface area contributed by atoms with Crippen LogP contribution in [0.5, 0.6) is 17.2 Å². The van der Waals surface area contributed by atoms with E-state index in [2.05, 4.69) is 0 Å². The lowest BCUT2D eigenvalue weighted by Gasteiger charge is -2.17. The smallest absolute Gasteiger partial charge is 0.296 e. The number of hydrogen-bond acceptors (Lipinski definition) is 6. The van der Waals surface area contributed by atoms with Crippen molar-refractivity contribution >= 4 is 0 Å². The second-order valence-electron chi connectivity index (χ2n) is 6.31. The van der Waals surface area contributed by atoms with Crippen molar-refractivity contribution in [2.75, 3.05) is 26.7 Å². The topological polar surface area (TPSA) is 96.9 Å². The molecule has 142 valence electrons. The molecule has 2 heterocycles. The highest BCUT2D eigenvalue weighted by molar-refractivity contribution is 5.35. The van der Waals surface area contributed by atoms with Crippen LogP contribution in [0, 0.1) is 0 Å². The molecular weight excluding hydrogens is 338 g/mol. The summed E-state index contributed by atoms with van der Waals surface area (Å²) in [7, 11) is 5.08. The molecule has 2 aromatic heterocycles. The van der Waals surface area contributed by atoms with Gasteiger partial charge in [0.1, 0.15) is 6.61 Å². The van der Waals surface area contributed by atoms with Gasteiger partial charge in [-0.1, -0.05) is 0 Å². The number of aromatic hydroxyl groups is 2. The van der Waals surface area contributed by atoms with Crippen molar-refractivity contribution in [1.82, 2.24) is 14.0 Å². The van der Waals surface area contributed by atoms with Gasteiger partial charge in [-0.15, -0.1) is 0 Å². The highest BCUT2D eigenvalue weighted by atomic mass is 16.5. The zero-order valence-electron chi connectivity index (χ0n) is 15.3. The number of hydrogen-bond donors (Lipinski definition) is 2. The third kappa shape index (κ3) is 4.66. The van der Waals surface area contributed by atoms with Gasteiger partial charge >= 0.3 is 0 Å². The zero-order valence-corrected chi connectivity index (χ0v) is 15.3. The standard InChI is InChI=1S/C18H25N3O5/c1-19(8-4-5-13-6-9-20(2)17(24)15(13)22)11-12-26-14-7-10-21(3)18(25)16(14)23/h6-7,9-10,22-23H,4-5,8,11-12H2,1-3H3. The Morgan fingerprint density at radius 1 is 1.00 bits per heavy atom. The van der Waals surface area contributed by atoms with E-state index in [1.54, 1.807) is 32.4 Å². The van der Waals surface area contributed by atoms with E-state index >= 15 is 0 Å². The summed E-state index contributed by atoms with van der Waals surface area (Å²) in [5.41, 5.74) is -0.245. The molecule has 2 N–H and O–H groups in total. The maximum atomic E-state index is 11.7. The molecule has 8 nitrogen and oxygen atoms in total. The van der Waals surface area contributed by atoms with E-state index in [0.717, 1.165) is 13.0 Å². The minimum absolute atomic E-state index is 0.173. The fourth-order valence-corrected chi connectivity index (χ4v) is 2.53. The van der Waals surface area contributed by atoms with Gasteiger partial charge in [-0.05, 0) is 32.5 Å². The Kier molecular flexibility index (Phi) is 6.46. The van der Waals surface area contributed by atoms with E-state index in [1.807, 2.05) is 11.9 Å². The van der Waals surface area contributed by atoms with E-state index in [0.29, 0.717) is 25.1 Å². The summed E-state index contributed by atoms with van der Waals surface area (Å²) in [6.45, 7) is 1.69. The molecule has 0 aromatic carbocycles. The van der Waals surface area contributed by atoms with Crippen LogP contribution < -0.4 is 15.9 Å². The summed E-state index contributed by atoms with van der Waals surface area (Å²) in [4.78, 5) is 25.3. The Labute approximate surface area is 151 Å². The third-order valence-corrected chi connectivity index (χ3v) is 4.25. The lowest BCUT2D eigenvalue weighted by atomic mass is 10.1. The van der Waals surface area contributed by atoms with Crippen molar-refractivity contribution in [3.8, 4) is 17.2 Å². The maximum absolute atomic E-state index is 11.7. The zero-order chi connectivity index (χ0) is 19.3. The van der Waals surface area contributed by atoms with Crippen LogP contribution in [-0.2, 0) is 20.5 Å². The molecule has 0 aliphatic rings. The quantitative estimate of drug-likeness (QED) is 0.706. The largest absolute Gasteiger partial charge is 0.503 e. The second kappa shape index (κ2) is 8.57. The van der Waals surface area contributed by atoms with Gasteiger partial charge in [-0.25, -0.2) is 0 Å². The first-order valence-corrected chi connectivity index (χ1v) is 8.38. The number of likely N-dealkylation sites (N-methyl/N-ethyl adjacent to an activating group) is 1. The van der Waals surface area contributed by atoms with E-state index < -0.39 is 16.9 Å². The number of nitrogens with zero attached hydrogens (tertiary/aromatic N) is 3. The molecule has 2 rings (SSSR count). The Hall–Kier alpha value is -2.74. The molecule has 0 radical (unpaired) electrons. The lowest BCUT2D eigenvalue weighted by Crippen LogP contribution is -2.26.